The molecule has 0 aromatic rings. The number of methoxy groups -OCH3 is 1. The zero-order valence-corrected chi connectivity index (χ0v) is 21.9. The minimum absolute atomic E-state index is 0.219. The van der Waals surface area contributed by atoms with E-state index in [1.807, 2.05) is 0 Å². The SMILES string of the molecule is COC(=O)CCCCCCCCO[C@H]1O[C@H](CO)[C@H](O)[C@H](O[C@@H]2O[C@H](CO)[C@H](O)[C@H](O)[C@@H]2NC(C)=O)[C@H]1O. The largest absolute Gasteiger partial charge is 0.469 e. The second-order valence-corrected chi connectivity index (χ2v) is 9.56. The summed E-state index contributed by atoms with van der Waals surface area (Å²) in [5.74, 6) is -0.785. The van der Waals surface area contributed by atoms with Gasteiger partial charge < -0.3 is 59.6 Å². The fourth-order valence-electron chi connectivity index (χ4n) is 4.47. The van der Waals surface area contributed by atoms with Crippen LogP contribution in [0.1, 0.15) is 51.9 Å². The van der Waals surface area contributed by atoms with Crippen molar-refractivity contribution in [2.24, 2.45) is 0 Å². The smallest absolute Gasteiger partial charge is 0.305 e. The average molecular weight is 554 g/mol. The van der Waals surface area contributed by atoms with Gasteiger partial charge in [0.1, 0.15) is 48.8 Å². The Balaban J connectivity index is 1.92. The number of rotatable bonds is 15. The molecule has 0 aromatic heterocycles. The maximum absolute atomic E-state index is 11.7. The third-order valence-corrected chi connectivity index (χ3v) is 6.65. The summed E-state index contributed by atoms with van der Waals surface area (Å²) in [6, 6.07) is -1.29. The van der Waals surface area contributed by atoms with E-state index in [2.05, 4.69) is 10.1 Å². The van der Waals surface area contributed by atoms with Crippen molar-refractivity contribution in [3.63, 3.8) is 0 Å². The molecule has 7 N–H and O–H groups in total. The Morgan fingerprint density at radius 2 is 1.37 bits per heavy atom. The molecule has 0 saturated carbocycles. The monoisotopic (exact) mass is 553 g/mol. The molecule has 0 radical (unpaired) electrons. The van der Waals surface area contributed by atoms with Crippen LogP contribution < -0.4 is 5.32 Å². The molecule has 2 saturated heterocycles. The highest BCUT2D eigenvalue weighted by Gasteiger charge is 2.51. The molecule has 0 aliphatic carbocycles. The molecule has 2 aliphatic rings. The Kier molecular flexibility index (Phi) is 14.3. The van der Waals surface area contributed by atoms with E-state index in [9.17, 15) is 40.2 Å². The number of carbonyl (C=O) groups excluding carboxylic acids is 2. The Labute approximate surface area is 221 Å². The van der Waals surface area contributed by atoms with E-state index >= 15 is 0 Å². The van der Waals surface area contributed by atoms with Gasteiger partial charge in [-0.05, 0) is 12.8 Å². The van der Waals surface area contributed by atoms with E-state index in [0.29, 0.717) is 12.8 Å². The van der Waals surface area contributed by atoms with Crippen molar-refractivity contribution < 1.29 is 63.9 Å². The Morgan fingerprint density at radius 3 is 1.97 bits per heavy atom. The van der Waals surface area contributed by atoms with E-state index in [1.54, 1.807) is 0 Å². The minimum Gasteiger partial charge on any atom is -0.469 e. The van der Waals surface area contributed by atoms with Crippen LogP contribution in [0.2, 0.25) is 0 Å². The number of unbranched alkanes of at least 4 members (excludes halogenated alkanes) is 5. The van der Waals surface area contributed by atoms with E-state index in [4.69, 9.17) is 18.9 Å². The molecule has 38 heavy (non-hydrogen) atoms. The zero-order valence-electron chi connectivity index (χ0n) is 21.9. The molecule has 14 nitrogen and oxygen atoms in total. The number of aliphatic hydroxyl groups is 6. The van der Waals surface area contributed by atoms with Gasteiger partial charge in [-0.2, -0.15) is 0 Å². The van der Waals surface area contributed by atoms with Gasteiger partial charge in [0.2, 0.25) is 5.91 Å². The summed E-state index contributed by atoms with van der Waals surface area (Å²) >= 11 is 0. The van der Waals surface area contributed by atoms with Gasteiger partial charge in [0.25, 0.3) is 0 Å². The van der Waals surface area contributed by atoms with Gasteiger partial charge in [0.05, 0.1) is 20.3 Å². The third-order valence-electron chi connectivity index (χ3n) is 6.65. The molecule has 2 fully saturated rings. The number of amides is 1. The lowest BCUT2D eigenvalue weighted by molar-refractivity contribution is -0.347. The highest BCUT2D eigenvalue weighted by Crippen LogP contribution is 2.29. The van der Waals surface area contributed by atoms with Crippen molar-refractivity contribution in [3.05, 3.63) is 0 Å². The lowest BCUT2D eigenvalue weighted by Gasteiger charge is -2.47. The van der Waals surface area contributed by atoms with Crippen LogP contribution in [0.3, 0.4) is 0 Å². The van der Waals surface area contributed by atoms with Crippen LogP contribution in [-0.2, 0) is 33.3 Å². The minimum atomic E-state index is -1.58. The van der Waals surface area contributed by atoms with Crippen LogP contribution >= 0.6 is 0 Å². The fourth-order valence-corrected chi connectivity index (χ4v) is 4.47. The van der Waals surface area contributed by atoms with E-state index in [-0.39, 0.29) is 12.6 Å². The van der Waals surface area contributed by atoms with Gasteiger partial charge in [-0.25, -0.2) is 0 Å². The van der Waals surface area contributed by atoms with Crippen LogP contribution in [0, 0.1) is 0 Å². The summed E-state index contributed by atoms with van der Waals surface area (Å²) in [6.45, 7) is 0.123. The molecule has 2 rings (SSSR count). The molecule has 2 aliphatic heterocycles. The Morgan fingerprint density at radius 1 is 0.789 bits per heavy atom. The van der Waals surface area contributed by atoms with Gasteiger partial charge in [-0.15, -0.1) is 0 Å². The Bertz CT molecular complexity index is 713. The topological polar surface area (TPSA) is 214 Å². The van der Waals surface area contributed by atoms with Crippen molar-refractivity contribution in [2.45, 2.75) is 113 Å². The number of carbonyl (C=O) groups is 2. The average Bonchev–Trinajstić information content (AvgIpc) is 2.89. The molecule has 0 spiro atoms. The first-order valence-corrected chi connectivity index (χ1v) is 13.0. The molecule has 10 atom stereocenters. The zero-order chi connectivity index (χ0) is 28.2. The second kappa shape index (κ2) is 16.6. The number of ether oxygens (including phenoxy) is 5. The second-order valence-electron chi connectivity index (χ2n) is 9.56. The fraction of sp³-hybridized carbons (Fsp3) is 0.917. The van der Waals surface area contributed by atoms with Crippen LogP contribution in [0.5, 0.6) is 0 Å². The maximum Gasteiger partial charge on any atom is 0.305 e. The lowest BCUT2D eigenvalue weighted by atomic mass is 9.95. The number of nitrogens with one attached hydrogen (secondary N) is 1. The van der Waals surface area contributed by atoms with Crippen LogP contribution in [0.25, 0.3) is 0 Å². The summed E-state index contributed by atoms with van der Waals surface area (Å²) in [5.41, 5.74) is 0. The van der Waals surface area contributed by atoms with Gasteiger partial charge >= 0.3 is 5.97 Å². The van der Waals surface area contributed by atoms with Crippen molar-refractivity contribution >= 4 is 11.9 Å². The summed E-state index contributed by atoms with van der Waals surface area (Å²) in [7, 11) is 1.36. The predicted octanol–water partition coefficient (Wildman–Crippen LogP) is -2.33. The van der Waals surface area contributed by atoms with Crippen molar-refractivity contribution in [1.29, 1.82) is 0 Å². The molecule has 2 heterocycles. The van der Waals surface area contributed by atoms with E-state index in [1.165, 1.54) is 14.0 Å². The van der Waals surface area contributed by atoms with Crippen molar-refractivity contribution in [3.8, 4) is 0 Å². The number of esters is 1. The standard InChI is InChI=1S/C24H43NO13/c1-13(28)25-17-20(32)18(30)14(11-26)36-23(17)38-22-19(31)15(12-27)37-24(21(22)33)35-10-8-6-4-3-5-7-9-16(29)34-2/h14-15,17-24,26-27,30-33H,3-12H2,1-2H3,(H,25,28)/t14-,15-,17+,18+,19+,20-,21-,22+,23+,24+/m1/s1. The molecule has 0 unspecified atom stereocenters. The normalized spacial score (nSPS) is 35.6. The van der Waals surface area contributed by atoms with Crippen LogP contribution in [0.4, 0.5) is 0 Å². The van der Waals surface area contributed by atoms with Gasteiger partial charge in [-0.1, -0.05) is 25.7 Å². The summed E-state index contributed by atoms with van der Waals surface area (Å²) in [4.78, 5) is 22.8. The summed E-state index contributed by atoms with van der Waals surface area (Å²) in [6.07, 6.45) is -7.34. The van der Waals surface area contributed by atoms with Gasteiger partial charge in [-0.3, -0.25) is 9.59 Å². The highest BCUT2D eigenvalue weighted by atomic mass is 16.7. The van der Waals surface area contributed by atoms with Gasteiger partial charge in [0.15, 0.2) is 12.6 Å². The molecule has 1 amide bonds. The quantitative estimate of drug-likeness (QED) is 0.0838. The van der Waals surface area contributed by atoms with Crippen LogP contribution in [-0.4, -0.2) is 131 Å². The lowest BCUT2D eigenvalue weighted by Crippen LogP contribution is -2.67. The molecule has 0 bridgehead atoms. The first-order valence-electron chi connectivity index (χ1n) is 13.0. The molecular formula is C24H43NO13. The first-order chi connectivity index (χ1) is 18.1. The van der Waals surface area contributed by atoms with Crippen LogP contribution in [0.15, 0.2) is 0 Å². The molecule has 222 valence electrons. The Hall–Kier alpha value is -1.46. The third kappa shape index (κ3) is 9.33. The predicted molar refractivity (Wildman–Crippen MR) is 128 cm³/mol. The van der Waals surface area contributed by atoms with Crippen molar-refractivity contribution in [2.75, 3.05) is 26.9 Å². The van der Waals surface area contributed by atoms with E-state index < -0.39 is 80.5 Å². The number of hydrogen-bond donors (Lipinski definition) is 7. The summed E-state index contributed by atoms with van der Waals surface area (Å²) in [5, 5.41) is 63.7. The van der Waals surface area contributed by atoms with Gasteiger partial charge in [0, 0.05) is 20.0 Å². The summed E-state index contributed by atoms with van der Waals surface area (Å²) < 4.78 is 27.1. The van der Waals surface area contributed by atoms with Crippen molar-refractivity contribution in [1.82, 2.24) is 5.32 Å². The molecule has 0 aromatic carbocycles. The van der Waals surface area contributed by atoms with E-state index in [0.717, 1.165) is 32.1 Å². The molecule has 14 heteroatoms. The first kappa shape index (κ1) is 32.8. The molecular weight excluding hydrogens is 510 g/mol. The number of aliphatic hydroxyl groups excluding tert-OH is 6. The number of hydrogen-bond acceptors (Lipinski definition) is 13. The maximum atomic E-state index is 11.7. The highest BCUT2D eigenvalue weighted by molar-refractivity contribution is 5.73.